The molecule has 0 bridgehead atoms. The van der Waals surface area contributed by atoms with Gasteiger partial charge in [-0.05, 0) is 43.2 Å². The van der Waals surface area contributed by atoms with Crippen LogP contribution in [0.1, 0.15) is 42.3 Å². The van der Waals surface area contributed by atoms with Gasteiger partial charge in [0.05, 0.1) is 18.1 Å². The molecule has 0 aliphatic rings. The highest BCUT2D eigenvalue weighted by atomic mass is 79.9. The van der Waals surface area contributed by atoms with Crippen LogP contribution in [-0.4, -0.2) is 20.7 Å². The van der Waals surface area contributed by atoms with Gasteiger partial charge in [-0.1, -0.05) is 53.2 Å². The van der Waals surface area contributed by atoms with E-state index in [1.165, 1.54) is 11.8 Å². The summed E-state index contributed by atoms with van der Waals surface area (Å²) in [5.74, 6) is 0.612. The molecule has 3 aromatic rings. The Morgan fingerprint density at radius 3 is 2.68 bits per heavy atom. The van der Waals surface area contributed by atoms with E-state index >= 15 is 0 Å². The third kappa shape index (κ3) is 6.11. The second-order valence-electron chi connectivity index (χ2n) is 7.32. The van der Waals surface area contributed by atoms with Crippen LogP contribution in [0.15, 0.2) is 61.5 Å². The van der Waals surface area contributed by atoms with E-state index in [-0.39, 0.29) is 16.7 Å². The Kier molecular flexibility index (Phi) is 8.15. The van der Waals surface area contributed by atoms with E-state index in [0.29, 0.717) is 41.6 Å². The smallest absolute Gasteiger partial charge is 0.257 e. The highest BCUT2D eigenvalue weighted by Gasteiger charge is 2.22. The number of thioether (sulfide) groups is 1. The van der Waals surface area contributed by atoms with Crippen molar-refractivity contribution in [3.05, 3.63) is 80.1 Å². The average molecular weight is 504 g/mol. The summed E-state index contributed by atoms with van der Waals surface area (Å²) >= 11 is 4.77. The maximum atomic E-state index is 13.1. The lowest BCUT2D eigenvalue weighted by molar-refractivity contribution is -0.120. The van der Waals surface area contributed by atoms with E-state index in [1.807, 2.05) is 44.2 Å². The Morgan fingerprint density at radius 1 is 1.29 bits per heavy atom. The van der Waals surface area contributed by atoms with Crippen molar-refractivity contribution in [2.24, 2.45) is 7.05 Å². The van der Waals surface area contributed by atoms with Crippen LogP contribution in [0.25, 0.3) is 0 Å². The number of aromatic nitrogens is 2. The first-order valence-corrected chi connectivity index (χ1v) is 11.8. The summed E-state index contributed by atoms with van der Waals surface area (Å²) in [5.41, 5.74) is 2.33. The van der Waals surface area contributed by atoms with Gasteiger partial charge in [0.2, 0.25) is 5.91 Å². The number of amides is 1. The third-order valence-electron chi connectivity index (χ3n) is 4.95. The molecule has 0 saturated carbocycles. The fraction of sp³-hybridized carbons (Fsp3) is 0.348. The molecular weight excluding hydrogens is 478 g/mol. The Balaban J connectivity index is 1.77. The summed E-state index contributed by atoms with van der Waals surface area (Å²) in [5, 5.41) is 3.13. The fourth-order valence-electron chi connectivity index (χ4n) is 3.18. The van der Waals surface area contributed by atoms with Crippen LogP contribution in [0.3, 0.4) is 0 Å². The molecule has 1 unspecified atom stereocenters. The van der Waals surface area contributed by atoms with Gasteiger partial charge in [-0.15, -0.1) is 0 Å². The SMILES string of the molecule is CCCC(Sc1nc(C)c(Cc2ccc(Br)cc2)c(=O)n1C)C(=O)NCc1ccco1. The van der Waals surface area contributed by atoms with Crippen molar-refractivity contribution in [1.82, 2.24) is 14.9 Å². The maximum absolute atomic E-state index is 13.1. The van der Waals surface area contributed by atoms with E-state index in [1.54, 1.807) is 23.9 Å². The zero-order chi connectivity index (χ0) is 22.4. The first kappa shape index (κ1) is 23.3. The monoisotopic (exact) mass is 503 g/mol. The molecular formula is C23H26BrN3O3S. The van der Waals surface area contributed by atoms with Crippen molar-refractivity contribution in [2.75, 3.05) is 0 Å². The summed E-state index contributed by atoms with van der Waals surface area (Å²) in [6.45, 7) is 4.22. The Bertz CT molecular complexity index is 1080. The number of carbonyl (C=O) groups is 1. The average Bonchev–Trinajstić information content (AvgIpc) is 3.28. The van der Waals surface area contributed by atoms with Crippen molar-refractivity contribution in [3.63, 3.8) is 0 Å². The lowest BCUT2D eigenvalue weighted by Crippen LogP contribution is -2.33. The molecule has 8 heteroatoms. The first-order chi connectivity index (χ1) is 14.9. The number of hydrogen-bond acceptors (Lipinski definition) is 5. The molecule has 3 rings (SSSR count). The standard InChI is InChI=1S/C23H26BrN3O3S/c1-4-6-20(21(28)25-14-18-7-5-12-30-18)31-23-26-15(2)19(22(29)27(23)3)13-16-8-10-17(24)11-9-16/h5,7-12,20H,4,6,13-14H2,1-3H3,(H,25,28). The number of aryl methyl sites for hydroxylation is 1. The highest BCUT2D eigenvalue weighted by Crippen LogP contribution is 2.25. The van der Waals surface area contributed by atoms with Crippen LogP contribution in [0.4, 0.5) is 0 Å². The van der Waals surface area contributed by atoms with Crippen LogP contribution >= 0.6 is 27.7 Å². The van der Waals surface area contributed by atoms with Crippen LogP contribution in [0, 0.1) is 6.92 Å². The van der Waals surface area contributed by atoms with Crippen LogP contribution in [-0.2, 0) is 24.8 Å². The van der Waals surface area contributed by atoms with Gasteiger partial charge in [-0.3, -0.25) is 14.2 Å². The number of carbonyl (C=O) groups excluding carboxylic acids is 1. The quantitative estimate of drug-likeness (QED) is 0.340. The number of halogens is 1. The Labute approximate surface area is 194 Å². The summed E-state index contributed by atoms with van der Waals surface area (Å²) in [6.07, 6.45) is 3.63. The molecule has 31 heavy (non-hydrogen) atoms. The summed E-state index contributed by atoms with van der Waals surface area (Å²) in [6, 6.07) is 11.5. The first-order valence-electron chi connectivity index (χ1n) is 10.2. The van der Waals surface area contributed by atoms with Gasteiger partial charge >= 0.3 is 0 Å². The van der Waals surface area contributed by atoms with Crippen molar-refractivity contribution < 1.29 is 9.21 Å². The number of nitrogens with zero attached hydrogens (tertiary/aromatic N) is 2. The summed E-state index contributed by atoms with van der Waals surface area (Å²) < 4.78 is 7.83. The molecule has 2 heterocycles. The topological polar surface area (TPSA) is 77.1 Å². The number of rotatable bonds is 9. The molecule has 6 nitrogen and oxygen atoms in total. The zero-order valence-corrected chi connectivity index (χ0v) is 20.3. The van der Waals surface area contributed by atoms with E-state index in [9.17, 15) is 9.59 Å². The summed E-state index contributed by atoms with van der Waals surface area (Å²) in [4.78, 5) is 30.5. The minimum atomic E-state index is -0.338. The minimum Gasteiger partial charge on any atom is -0.467 e. The van der Waals surface area contributed by atoms with Gasteiger partial charge in [0.15, 0.2) is 5.16 Å². The van der Waals surface area contributed by atoms with Gasteiger partial charge in [0, 0.05) is 29.2 Å². The predicted molar refractivity (Wildman–Crippen MR) is 126 cm³/mol. The zero-order valence-electron chi connectivity index (χ0n) is 17.9. The van der Waals surface area contributed by atoms with Crippen LogP contribution < -0.4 is 10.9 Å². The molecule has 1 aromatic carbocycles. The van der Waals surface area contributed by atoms with Crippen LogP contribution in [0.2, 0.25) is 0 Å². The second kappa shape index (κ2) is 10.8. The number of hydrogen-bond donors (Lipinski definition) is 1. The molecule has 0 spiro atoms. The van der Waals surface area contributed by atoms with Gasteiger partial charge in [0.25, 0.3) is 5.56 Å². The van der Waals surface area contributed by atoms with Gasteiger partial charge < -0.3 is 9.73 Å². The number of furan rings is 1. The molecule has 2 aromatic heterocycles. The molecule has 0 aliphatic carbocycles. The molecule has 0 radical (unpaired) electrons. The van der Waals surface area contributed by atoms with Gasteiger partial charge in [0.1, 0.15) is 5.76 Å². The largest absolute Gasteiger partial charge is 0.467 e. The van der Waals surface area contributed by atoms with Crippen molar-refractivity contribution >= 4 is 33.6 Å². The van der Waals surface area contributed by atoms with Crippen molar-refractivity contribution in [2.45, 2.75) is 50.1 Å². The van der Waals surface area contributed by atoms with E-state index in [2.05, 4.69) is 26.2 Å². The maximum Gasteiger partial charge on any atom is 0.257 e. The van der Waals surface area contributed by atoms with Crippen molar-refractivity contribution in [3.8, 4) is 0 Å². The van der Waals surface area contributed by atoms with E-state index in [0.717, 1.165) is 16.5 Å². The van der Waals surface area contributed by atoms with E-state index in [4.69, 9.17) is 4.42 Å². The molecule has 0 fully saturated rings. The lowest BCUT2D eigenvalue weighted by Gasteiger charge is -2.18. The molecule has 1 N–H and O–H groups in total. The van der Waals surface area contributed by atoms with Crippen molar-refractivity contribution in [1.29, 1.82) is 0 Å². The number of nitrogens with one attached hydrogen (secondary N) is 1. The highest BCUT2D eigenvalue weighted by molar-refractivity contribution is 9.10. The fourth-order valence-corrected chi connectivity index (χ4v) is 4.67. The second-order valence-corrected chi connectivity index (χ2v) is 9.40. The molecule has 0 saturated heterocycles. The lowest BCUT2D eigenvalue weighted by atomic mass is 10.1. The Morgan fingerprint density at radius 2 is 2.03 bits per heavy atom. The van der Waals surface area contributed by atoms with Gasteiger partial charge in [-0.2, -0.15) is 0 Å². The molecule has 1 amide bonds. The molecule has 0 aliphatic heterocycles. The molecule has 164 valence electrons. The predicted octanol–water partition coefficient (Wildman–Crippen LogP) is 4.61. The number of benzene rings is 1. The normalized spacial score (nSPS) is 12.0. The molecule has 1 atom stereocenters. The third-order valence-corrected chi connectivity index (χ3v) is 6.79. The van der Waals surface area contributed by atoms with E-state index < -0.39 is 0 Å². The van der Waals surface area contributed by atoms with Crippen LogP contribution in [0.5, 0.6) is 0 Å². The summed E-state index contributed by atoms with van der Waals surface area (Å²) in [7, 11) is 1.71. The minimum absolute atomic E-state index is 0.0795. The van der Waals surface area contributed by atoms with Gasteiger partial charge in [-0.25, -0.2) is 4.98 Å². The Hall–Kier alpha value is -2.32.